The molecule has 1 aliphatic rings. The lowest BCUT2D eigenvalue weighted by Crippen LogP contribution is -2.50. The standard InChI is InChI=1S/C32H31F2N3O5/c1-20-27(19-30(21-5-8-24(40-2)9-6-21)37(20)29-10-7-23(33)17-28(29)34)32(39)36-13-11-35(12-14-36)31(38)22-15-25(41-3)18-26(16-22)42-4/h5-10,15-19H,11-14H2,1-4H3. The fourth-order valence-corrected chi connectivity index (χ4v) is 5.17. The number of amides is 2. The van der Waals surface area contributed by atoms with Crippen molar-refractivity contribution in [1.82, 2.24) is 14.4 Å². The Morgan fingerprint density at radius 3 is 1.81 bits per heavy atom. The molecule has 0 N–H and O–H groups in total. The van der Waals surface area contributed by atoms with Gasteiger partial charge in [-0.1, -0.05) is 0 Å². The van der Waals surface area contributed by atoms with Crippen molar-refractivity contribution in [2.75, 3.05) is 47.5 Å². The molecule has 2 heterocycles. The minimum absolute atomic E-state index is 0.128. The molecule has 1 saturated heterocycles. The molecule has 5 rings (SSSR count). The van der Waals surface area contributed by atoms with Crippen LogP contribution in [0.5, 0.6) is 17.2 Å². The summed E-state index contributed by atoms with van der Waals surface area (Å²) in [5.74, 6) is -0.188. The summed E-state index contributed by atoms with van der Waals surface area (Å²) in [6, 6.07) is 17.3. The number of benzene rings is 3. The molecule has 3 aromatic carbocycles. The van der Waals surface area contributed by atoms with Gasteiger partial charge in [-0.25, -0.2) is 8.78 Å². The second-order valence-corrected chi connectivity index (χ2v) is 9.87. The maximum atomic E-state index is 15.0. The van der Waals surface area contributed by atoms with Gasteiger partial charge in [-0.15, -0.1) is 0 Å². The third-order valence-corrected chi connectivity index (χ3v) is 7.47. The molecular formula is C32H31F2N3O5. The molecule has 0 atom stereocenters. The summed E-state index contributed by atoms with van der Waals surface area (Å²) in [5, 5.41) is 0. The van der Waals surface area contributed by atoms with Crippen LogP contribution in [0.2, 0.25) is 0 Å². The average molecular weight is 576 g/mol. The lowest BCUT2D eigenvalue weighted by Gasteiger charge is -2.35. The molecule has 0 aliphatic carbocycles. The minimum atomic E-state index is -0.747. The summed E-state index contributed by atoms with van der Waals surface area (Å²) in [5.41, 5.74) is 2.77. The largest absolute Gasteiger partial charge is 0.497 e. The molecule has 0 spiro atoms. The predicted octanol–water partition coefficient (Wildman–Crippen LogP) is 5.35. The van der Waals surface area contributed by atoms with Crippen molar-refractivity contribution >= 4 is 11.8 Å². The van der Waals surface area contributed by atoms with Gasteiger partial charge in [0.1, 0.15) is 28.9 Å². The monoisotopic (exact) mass is 575 g/mol. The highest BCUT2D eigenvalue weighted by molar-refractivity contribution is 5.98. The number of hydrogen-bond donors (Lipinski definition) is 0. The lowest BCUT2D eigenvalue weighted by atomic mass is 10.1. The first-order valence-corrected chi connectivity index (χ1v) is 13.4. The molecule has 0 unspecified atom stereocenters. The SMILES string of the molecule is COc1ccc(-c2cc(C(=O)N3CCN(C(=O)c4cc(OC)cc(OC)c4)CC3)c(C)n2-c2ccc(F)cc2F)cc1. The van der Waals surface area contributed by atoms with Crippen molar-refractivity contribution in [2.45, 2.75) is 6.92 Å². The van der Waals surface area contributed by atoms with Crippen molar-refractivity contribution in [3.05, 3.63) is 95.2 Å². The molecule has 10 heteroatoms. The Morgan fingerprint density at radius 1 is 0.690 bits per heavy atom. The van der Waals surface area contributed by atoms with E-state index in [0.717, 1.165) is 11.6 Å². The van der Waals surface area contributed by atoms with E-state index in [4.69, 9.17) is 14.2 Å². The number of nitrogens with zero attached hydrogens (tertiary/aromatic N) is 3. The van der Waals surface area contributed by atoms with Crippen LogP contribution in [0.25, 0.3) is 16.9 Å². The molecule has 42 heavy (non-hydrogen) atoms. The summed E-state index contributed by atoms with van der Waals surface area (Å²) < 4.78 is 46.2. The van der Waals surface area contributed by atoms with E-state index in [1.165, 1.54) is 26.4 Å². The van der Waals surface area contributed by atoms with E-state index in [1.54, 1.807) is 64.8 Å². The molecule has 4 aromatic rings. The highest BCUT2D eigenvalue weighted by Crippen LogP contribution is 2.33. The molecule has 0 radical (unpaired) electrons. The Balaban J connectivity index is 1.42. The van der Waals surface area contributed by atoms with Crippen molar-refractivity contribution < 1.29 is 32.6 Å². The van der Waals surface area contributed by atoms with Gasteiger partial charge in [0, 0.05) is 49.6 Å². The Morgan fingerprint density at radius 2 is 1.26 bits per heavy atom. The first-order valence-electron chi connectivity index (χ1n) is 13.4. The molecule has 0 saturated carbocycles. The number of carbonyl (C=O) groups is 2. The van der Waals surface area contributed by atoms with E-state index in [-0.39, 0.29) is 17.5 Å². The third-order valence-electron chi connectivity index (χ3n) is 7.47. The molecule has 218 valence electrons. The number of piperazine rings is 1. The lowest BCUT2D eigenvalue weighted by molar-refractivity contribution is 0.0534. The Kier molecular flexibility index (Phi) is 8.15. The van der Waals surface area contributed by atoms with Gasteiger partial charge < -0.3 is 28.6 Å². The zero-order valence-corrected chi connectivity index (χ0v) is 23.8. The van der Waals surface area contributed by atoms with Gasteiger partial charge in [-0.05, 0) is 67.1 Å². The quantitative estimate of drug-likeness (QED) is 0.297. The van der Waals surface area contributed by atoms with Crippen LogP contribution in [-0.2, 0) is 0 Å². The molecular weight excluding hydrogens is 544 g/mol. The summed E-state index contributed by atoms with van der Waals surface area (Å²) in [6.07, 6.45) is 0. The van der Waals surface area contributed by atoms with Gasteiger partial charge in [0.15, 0.2) is 0 Å². The van der Waals surface area contributed by atoms with Crippen LogP contribution >= 0.6 is 0 Å². The summed E-state index contributed by atoms with van der Waals surface area (Å²) in [4.78, 5) is 30.4. The number of ether oxygens (including phenoxy) is 3. The van der Waals surface area contributed by atoms with Crippen LogP contribution in [0.15, 0.2) is 66.7 Å². The topological polar surface area (TPSA) is 73.2 Å². The van der Waals surface area contributed by atoms with Crippen molar-refractivity contribution in [2.24, 2.45) is 0 Å². The third kappa shape index (κ3) is 5.52. The zero-order chi connectivity index (χ0) is 30.0. The van der Waals surface area contributed by atoms with Crippen LogP contribution in [0.3, 0.4) is 0 Å². The fraction of sp³-hybridized carbons (Fsp3) is 0.250. The van der Waals surface area contributed by atoms with E-state index < -0.39 is 11.6 Å². The van der Waals surface area contributed by atoms with E-state index in [2.05, 4.69) is 0 Å². The molecule has 8 nitrogen and oxygen atoms in total. The first-order chi connectivity index (χ1) is 20.2. The number of hydrogen-bond acceptors (Lipinski definition) is 5. The van der Waals surface area contributed by atoms with E-state index in [1.807, 2.05) is 12.1 Å². The molecule has 2 amide bonds. The van der Waals surface area contributed by atoms with Crippen LogP contribution in [0.1, 0.15) is 26.4 Å². The van der Waals surface area contributed by atoms with E-state index in [0.29, 0.717) is 65.9 Å². The first kappa shape index (κ1) is 28.7. The summed E-state index contributed by atoms with van der Waals surface area (Å²) in [6.45, 7) is 3.04. The second kappa shape index (κ2) is 11.9. The maximum absolute atomic E-state index is 15.0. The fourth-order valence-electron chi connectivity index (χ4n) is 5.17. The predicted molar refractivity (Wildman–Crippen MR) is 154 cm³/mol. The van der Waals surface area contributed by atoms with Gasteiger partial charge in [0.05, 0.1) is 38.3 Å². The van der Waals surface area contributed by atoms with Gasteiger partial charge in [-0.2, -0.15) is 0 Å². The van der Waals surface area contributed by atoms with Crippen molar-refractivity contribution in [3.8, 4) is 34.2 Å². The Bertz CT molecular complexity index is 1600. The zero-order valence-electron chi connectivity index (χ0n) is 23.8. The normalized spacial score (nSPS) is 13.2. The number of carbonyl (C=O) groups excluding carboxylic acids is 2. The van der Waals surface area contributed by atoms with Gasteiger partial charge in [0.2, 0.25) is 0 Å². The van der Waals surface area contributed by atoms with Crippen LogP contribution in [0, 0.1) is 18.6 Å². The summed E-state index contributed by atoms with van der Waals surface area (Å²) in [7, 11) is 4.60. The van der Waals surface area contributed by atoms with Crippen LogP contribution in [0.4, 0.5) is 8.78 Å². The second-order valence-electron chi connectivity index (χ2n) is 9.87. The molecule has 1 aliphatic heterocycles. The highest BCUT2D eigenvalue weighted by Gasteiger charge is 2.29. The number of rotatable bonds is 7. The average Bonchev–Trinajstić information content (AvgIpc) is 3.36. The molecule has 0 bridgehead atoms. The van der Waals surface area contributed by atoms with Gasteiger partial charge in [-0.3, -0.25) is 9.59 Å². The van der Waals surface area contributed by atoms with E-state index in [9.17, 15) is 14.0 Å². The van der Waals surface area contributed by atoms with Gasteiger partial charge in [0.25, 0.3) is 11.8 Å². The Hall–Kier alpha value is -4.86. The van der Waals surface area contributed by atoms with Gasteiger partial charge >= 0.3 is 0 Å². The maximum Gasteiger partial charge on any atom is 0.255 e. The molecule has 1 aromatic heterocycles. The molecule has 1 fully saturated rings. The summed E-state index contributed by atoms with van der Waals surface area (Å²) >= 11 is 0. The highest BCUT2D eigenvalue weighted by atomic mass is 19.1. The minimum Gasteiger partial charge on any atom is -0.497 e. The van der Waals surface area contributed by atoms with Crippen molar-refractivity contribution in [1.29, 1.82) is 0 Å². The van der Waals surface area contributed by atoms with Crippen LogP contribution in [-0.4, -0.2) is 73.7 Å². The van der Waals surface area contributed by atoms with Crippen molar-refractivity contribution in [3.63, 3.8) is 0 Å². The smallest absolute Gasteiger partial charge is 0.255 e. The number of aromatic nitrogens is 1. The number of methoxy groups -OCH3 is 3. The van der Waals surface area contributed by atoms with E-state index >= 15 is 4.39 Å². The van der Waals surface area contributed by atoms with Crippen LogP contribution < -0.4 is 14.2 Å². The number of halogens is 2. The Labute approximate surface area is 242 Å².